The molecule has 0 heterocycles. The van der Waals surface area contributed by atoms with Crippen LogP contribution in [0.4, 0.5) is 0 Å². The van der Waals surface area contributed by atoms with Crippen LogP contribution in [-0.2, 0) is 12.8 Å². The predicted octanol–water partition coefficient (Wildman–Crippen LogP) is 3.32. The van der Waals surface area contributed by atoms with Gasteiger partial charge in [-0.1, -0.05) is 25.5 Å². The Bertz CT molecular complexity index is 371. The number of hydrogen-bond donors (Lipinski definition) is 1. The van der Waals surface area contributed by atoms with Gasteiger partial charge in [-0.3, -0.25) is 0 Å². The Balaban J connectivity index is 2.03. The molecule has 0 amide bonds. The largest absolute Gasteiger partial charge is 0.493 e. The molecule has 1 aliphatic rings. The lowest BCUT2D eigenvalue weighted by Crippen LogP contribution is -2.05. The maximum Gasteiger partial charge on any atom is 0.122 e. The molecule has 0 aliphatic heterocycles. The molecule has 0 saturated heterocycles. The first-order valence-corrected chi connectivity index (χ1v) is 7.28. The van der Waals surface area contributed by atoms with Gasteiger partial charge in [0.1, 0.15) is 5.75 Å². The maximum atomic E-state index is 5.95. The standard InChI is InChI=1S/C16H25NO/c1-2-4-13-8-9-16(18-12-14-6-7-14)15(11-13)5-3-10-17/h8-9,11,14H,2-7,10,12,17H2,1H3. The fraction of sp³-hybridized carbons (Fsp3) is 0.625. The van der Waals surface area contributed by atoms with E-state index < -0.39 is 0 Å². The Morgan fingerprint density at radius 3 is 2.78 bits per heavy atom. The van der Waals surface area contributed by atoms with Crippen molar-refractivity contribution in [1.82, 2.24) is 0 Å². The van der Waals surface area contributed by atoms with Gasteiger partial charge in [0.2, 0.25) is 0 Å². The Morgan fingerprint density at radius 2 is 2.11 bits per heavy atom. The van der Waals surface area contributed by atoms with Gasteiger partial charge in [-0.2, -0.15) is 0 Å². The topological polar surface area (TPSA) is 35.2 Å². The highest BCUT2D eigenvalue weighted by Gasteiger charge is 2.22. The number of hydrogen-bond acceptors (Lipinski definition) is 2. The Labute approximate surface area is 111 Å². The van der Waals surface area contributed by atoms with Crippen LogP contribution in [0.5, 0.6) is 5.75 Å². The molecular formula is C16H25NO. The van der Waals surface area contributed by atoms with Crippen LogP contribution in [0.25, 0.3) is 0 Å². The molecule has 0 aromatic heterocycles. The molecular weight excluding hydrogens is 222 g/mol. The van der Waals surface area contributed by atoms with Gasteiger partial charge in [0.25, 0.3) is 0 Å². The number of nitrogens with two attached hydrogens (primary N) is 1. The summed E-state index contributed by atoms with van der Waals surface area (Å²) in [6.45, 7) is 3.86. The van der Waals surface area contributed by atoms with E-state index in [-0.39, 0.29) is 0 Å². The second-order valence-electron chi connectivity index (χ2n) is 5.34. The molecule has 1 aliphatic carbocycles. The quantitative estimate of drug-likeness (QED) is 0.765. The molecule has 1 saturated carbocycles. The summed E-state index contributed by atoms with van der Waals surface area (Å²) >= 11 is 0. The Hall–Kier alpha value is -1.02. The number of aryl methyl sites for hydroxylation is 2. The Morgan fingerprint density at radius 1 is 1.28 bits per heavy atom. The summed E-state index contributed by atoms with van der Waals surface area (Å²) in [6.07, 6.45) is 7.10. The minimum atomic E-state index is 0.750. The van der Waals surface area contributed by atoms with Crippen molar-refractivity contribution in [3.05, 3.63) is 29.3 Å². The average Bonchev–Trinajstić information content (AvgIpc) is 3.19. The monoisotopic (exact) mass is 247 g/mol. The molecule has 2 heteroatoms. The average molecular weight is 247 g/mol. The van der Waals surface area contributed by atoms with Crippen molar-refractivity contribution >= 4 is 0 Å². The molecule has 0 atom stereocenters. The van der Waals surface area contributed by atoms with Crippen molar-refractivity contribution < 1.29 is 4.74 Å². The normalized spacial score (nSPS) is 14.8. The van der Waals surface area contributed by atoms with Crippen molar-refractivity contribution in [1.29, 1.82) is 0 Å². The van der Waals surface area contributed by atoms with Crippen LogP contribution in [0.3, 0.4) is 0 Å². The molecule has 1 aromatic carbocycles. The van der Waals surface area contributed by atoms with E-state index in [2.05, 4.69) is 25.1 Å². The molecule has 1 aromatic rings. The van der Waals surface area contributed by atoms with Crippen LogP contribution in [-0.4, -0.2) is 13.2 Å². The van der Waals surface area contributed by atoms with E-state index in [0.717, 1.165) is 44.1 Å². The summed E-state index contributed by atoms with van der Waals surface area (Å²) in [6, 6.07) is 6.66. The third kappa shape index (κ3) is 4.02. The van der Waals surface area contributed by atoms with Crippen molar-refractivity contribution in [3.8, 4) is 5.75 Å². The summed E-state index contributed by atoms with van der Waals surface area (Å²) in [5.41, 5.74) is 8.37. The van der Waals surface area contributed by atoms with E-state index in [4.69, 9.17) is 10.5 Å². The van der Waals surface area contributed by atoms with Gasteiger partial charge in [-0.15, -0.1) is 0 Å². The first-order chi connectivity index (χ1) is 8.83. The zero-order valence-electron chi connectivity index (χ0n) is 11.5. The minimum Gasteiger partial charge on any atom is -0.493 e. The Kier molecular flexibility index (Phi) is 5.06. The van der Waals surface area contributed by atoms with Crippen molar-refractivity contribution in [2.45, 2.75) is 45.4 Å². The molecule has 0 unspecified atom stereocenters. The molecule has 1 fully saturated rings. The van der Waals surface area contributed by atoms with Gasteiger partial charge in [0.05, 0.1) is 6.61 Å². The van der Waals surface area contributed by atoms with E-state index in [1.807, 2.05) is 0 Å². The maximum absolute atomic E-state index is 5.95. The zero-order chi connectivity index (χ0) is 12.8. The lowest BCUT2D eigenvalue weighted by Gasteiger charge is -2.13. The highest BCUT2D eigenvalue weighted by atomic mass is 16.5. The first kappa shape index (κ1) is 13.4. The SMILES string of the molecule is CCCc1ccc(OCC2CC2)c(CCCN)c1. The summed E-state index contributed by atoms with van der Waals surface area (Å²) in [5, 5.41) is 0. The zero-order valence-corrected chi connectivity index (χ0v) is 11.5. The molecule has 18 heavy (non-hydrogen) atoms. The highest BCUT2D eigenvalue weighted by Crippen LogP contribution is 2.31. The van der Waals surface area contributed by atoms with Crippen molar-refractivity contribution in [3.63, 3.8) is 0 Å². The summed E-state index contributed by atoms with van der Waals surface area (Å²) in [4.78, 5) is 0. The van der Waals surface area contributed by atoms with Crippen LogP contribution in [0, 0.1) is 5.92 Å². The molecule has 2 nitrogen and oxygen atoms in total. The summed E-state index contributed by atoms with van der Waals surface area (Å²) in [5.74, 6) is 1.89. The molecule has 100 valence electrons. The number of ether oxygens (including phenoxy) is 1. The second kappa shape index (κ2) is 6.79. The lowest BCUT2D eigenvalue weighted by atomic mass is 10.0. The fourth-order valence-corrected chi connectivity index (χ4v) is 2.20. The second-order valence-corrected chi connectivity index (χ2v) is 5.34. The van der Waals surface area contributed by atoms with E-state index >= 15 is 0 Å². The van der Waals surface area contributed by atoms with Crippen LogP contribution in [0.1, 0.15) is 43.7 Å². The molecule has 0 radical (unpaired) electrons. The van der Waals surface area contributed by atoms with E-state index in [1.165, 1.54) is 30.4 Å². The van der Waals surface area contributed by atoms with Gasteiger partial charge in [0, 0.05) is 0 Å². The fourth-order valence-electron chi connectivity index (χ4n) is 2.20. The van der Waals surface area contributed by atoms with Crippen LogP contribution in [0.2, 0.25) is 0 Å². The van der Waals surface area contributed by atoms with Gasteiger partial charge in [-0.05, 0) is 61.8 Å². The van der Waals surface area contributed by atoms with Gasteiger partial charge in [0.15, 0.2) is 0 Å². The smallest absolute Gasteiger partial charge is 0.122 e. The van der Waals surface area contributed by atoms with E-state index in [1.54, 1.807) is 0 Å². The van der Waals surface area contributed by atoms with Crippen molar-refractivity contribution in [2.24, 2.45) is 11.7 Å². The third-order valence-corrected chi connectivity index (χ3v) is 3.49. The van der Waals surface area contributed by atoms with E-state index in [9.17, 15) is 0 Å². The van der Waals surface area contributed by atoms with Crippen LogP contribution in [0.15, 0.2) is 18.2 Å². The first-order valence-electron chi connectivity index (χ1n) is 7.28. The predicted molar refractivity (Wildman–Crippen MR) is 76.0 cm³/mol. The third-order valence-electron chi connectivity index (χ3n) is 3.49. The number of benzene rings is 1. The van der Waals surface area contributed by atoms with Crippen LogP contribution < -0.4 is 10.5 Å². The van der Waals surface area contributed by atoms with Gasteiger partial charge >= 0.3 is 0 Å². The van der Waals surface area contributed by atoms with Crippen LogP contribution >= 0.6 is 0 Å². The minimum absolute atomic E-state index is 0.750. The van der Waals surface area contributed by atoms with Gasteiger partial charge < -0.3 is 10.5 Å². The lowest BCUT2D eigenvalue weighted by molar-refractivity contribution is 0.296. The molecule has 2 rings (SSSR count). The van der Waals surface area contributed by atoms with Gasteiger partial charge in [-0.25, -0.2) is 0 Å². The molecule has 0 bridgehead atoms. The van der Waals surface area contributed by atoms with E-state index in [0.29, 0.717) is 0 Å². The number of rotatable bonds is 8. The molecule has 0 spiro atoms. The van der Waals surface area contributed by atoms with Crippen molar-refractivity contribution in [2.75, 3.05) is 13.2 Å². The molecule has 2 N–H and O–H groups in total. The summed E-state index contributed by atoms with van der Waals surface area (Å²) in [7, 11) is 0. The highest BCUT2D eigenvalue weighted by molar-refractivity contribution is 5.37. The summed E-state index contributed by atoms with van der Waals surface area (Å²) < 4.78 is 5.95.